The van der Waals surface area contributed by atoms with Gasteiger partial charge in [0.2, 0.25) is 10.9 Å². The molecule has 0 unspecified atom stereocenters. The van der Waals surface area contributed by atoms with Gasteiger partial charge in [0.15, 0.2) is 0 Å². The summed E-state index contributed by atoms with van der Waals surface area (Å²) < 4.78 is 41.5. The molecule has 1 aliphatic rings. The van der Waals surface area contributed by atoms with Gasteiger partial charge < -0.3 is 13.9 Å². The number of furan rings is 1. The summed E-state index contributed by atoms with van der Waals surface area (Å²) in [5.41, 5.74) is 1.47. The number of esters is 1. The van der Waals surface area contributed by atoms with Gasteiger partial charge in [-0.05, 0) is 42.3 Å². The molecule has 2 heterocycles. The summed E-state index contributed by atoms with van der Waals surface area (Å²) in [7, 11) is -1.12. The largest absolute Gasteiger partial charge is 0.497 e. The minimum atomic E-state index is -3.87. The lowest BCUT2D eigenvalue weighted by molar-refractivity contribution is 0.0559. The molecule has 1 aromatic heterocycles. The zero-order valence-electron chi connectivity index (χ0n) is 12.6. The second-order valence-electron chi connectivity index (χ2n) is 4.93. The van der Waals surface area contributed by atoms with E-state index >= 15 is 0 Å². The summed E-state index contributed by atoms with van der Waals surface area (Å²) in [6.45, 7) is 0.305. The summed E-state index contributed by atoms with van der Waals surface area (Å²) in [4.78, 5) is 11.4. The van der Waals surface area contributed by atoms with Crippen LogP contribution in [0.5, 0.6) is 5.75 Å². The van der Waals surface area contributed by atoms with Gasteiger partial charge in [-0.25, -0.2) is 4.79 Å². The van der Waals surface area contributed by atoms with Crippen molar-refractivity contribution in [2.45, 2.75) is 11.5 Å². The zero-order valence-corrected chi connectivity index (χ0v) is 13.4. The summed E-state index contributed by atoms with van der Waals surface area (Å²) in [6.07, 6.45) is 0.580. The SMILES string of the molecule is COC(=O)c1ccc(S(=O)(=O)N2CCc3cc(OC)ccc32)o1. The molecule has 1 aliphatic heterocycles. The van der Waals surface area contributed by atoms with E-state index < -0.39 is 16.0 Å². The first-order valence-corrected chi connectivity index (χ1v) is 8.29. The van der Waals surface area contributed by atoms with Crippen LogP contribution in [0.15, 0.2) is 39.8 Å². The van der Waals surface area contributed by atoms with Crippen molar-refractivity contribution in [2.24, 2.45) is 0 Å². The van der Waals surface area contributed by atoms with Crippen LogP contribution in [0.2, 0.25) is 0 Å². The maximum Gasteiger partial charge on any atom is 0.374 e. The van der Waals surface area contributed by atoms with Crippen molar-refractivity contribution in [1.82, 2.24) is 0 Å². The lowest BCUT2D eigenvalue weighted by atomic mass is 10.1. The highest BCUT2D eigenvalue weighted by molar-refractivity contribution is 7.92. The van der Waals surface area contributed by atoms with E-state index in [0.717, 1.165) is 5.56 Å². The van der Waals surface area contributed by atoms with E-state index in [0.29, 0.717) is 24.4 Å². The van der Waals surface area contributed by atoms with Crippen molar-refractivity contribution < 1.29 is 27.1 Å². The van der Waals surface area contributed by atoms with Crippen LogP contribution < -0.4 is 9.04 Å². The summed E-state index contributed by atoms with van der Waals surface area (Å²) >= 11 is 0. The third-order valence-electron chi connectivity index (χ3n) is 3.65. The molecule has 23 heavy (non-hydrogen) atoms. The van der Waals surface area contributed by atoms with Crippen molar-refractivity contribution in [3.8, 4) is 5.75 Å². The Kier molecular flexibility index (Phi) is 3.77. The number of anilines is 1. The molecule has 0 atom stereocenters. The van der Waals surface area contributed by atoms with E-state index in [1.165, 1.54) is 23.5 Å². The number of rotatable bonds is 4. The van der Waals surface area contributed by atoms with Crippen molar-refractivity contribution >= 4 is 21.7 Å². The molecule has 0 radical (unpaired) electrons. The predicted octanol–water partition coefficient (Wildman–Crippen LogP) is 1.83. The van der Waals surface area contributed by atoms with E-state index in [4.69, 9.17) is 9.15 Å². The molecular weight excluding hydrogens is 322 g/mol. The molecule has 122 valence electrons. The molecule has 0 bridgehead atoms. The molecule has 1 aromatic carbocycles. The molecule has 0 fully saturated rings. The van der Waals surface area contributed by atoms with Crippen LogP contribution in [0.25, 0.3) is 0 Å². The molecule has 2 aromatic rings. The Morgan fingerprint density at radius 1 is 1.22 bits per heavy atom. The fourth-order valence-electron chi connectivity index (χ4n) is 2.50. The predicted molar refractivity (Wildman–Crippen MR) is 81.3 cm³/mol. The van der Waals surface area contributed by atoms with Crippen molar-refractivity contribution in [2.75, 3.05) is 25.1 Å². The number of carbonyl (C=O) groups is 1. The van der Waals surface area contributed by atoms with Gasteiger partial charge in [0, 0.05) is 6.54 Å². The Hall–Kier alpha value is -2.48. The Bertz CT molecular complexity index is 855. The highest BCUT2D eigenvalue weighted by Gasteiger charge is 2.33. The number of ether oxygens (including phenoxy) is 2. The molecule has 0 saturated heterocycles. The first kappa shape index (κ1) is 15.4. The second kappa shape index (κ2) is 5.62. The topological polar surface area (TPSA) is 86.1 Å². The van der Waals surface area contributed by atoms with Crippen LogP contribution in [0.4, 0.5) is 5.69 Å². The molecule has 7 nitrogen and oxygen atoms in total. The fourth-order valence-corrected chi connectivity index (χ4v) is 3.92. The highest BCUT2D eigenvalue weighted by atomic mass is 32.2. The van der Waals surface area contributed by atoms with E-state index in [1.807, 2.05) is 6.07 Å². The molecule has 0 aliphatic carbocycles. The van der Waals surface area contributed by atoms with Gasteiger partial charge in [-0.2, -0.15) is 8.42 Å². The Balaban J connectivity index is 1.96. The maximum atomic E-state index is 12.7. The van der Waals surface area contributed by atoms with Crippen LogP contribution in [-0.2, 0) is 21.2 Å². The van der Waals surface area contributed by atoms with Crippen LogP contribution in [0.3, 0.4) is 0 Å². The number of nitrogens with zero attached hydrogens (tertiary/aromatic N) is 1. The number of fused-ring (bicyclic) bond motifs is 1. The number of benzene rings is 1. The number of hydrogen-bond acceptors (Lipinski definition) is 6. The van der Waals surface area contributed by atoms with E-state index in [1.54, 1.807) is 19.2 Å². The van der Waals surface area contributed by atoms with E-state index in [2.05, 4.69) is 4.74 Å². The number of carbonyl (C=O) groups excluding carboxylic acids is 1. The van der Waals surface area contributed by atoms with Crippen LogP contribution in [0.1, 0.15) is 16.1 Å². The zero-order chi connectivity index (χ0) is 16.6. The Morgan fingerprint density at radius 2 is 2.00 bits per heavy atom. The summed E-state index contributed by atoms with van der Waals surface area (Å²) in [6, 6.07) is 7.75. The normalized spacial score (nSPS) is 13.7. The first-order chi connectivity index (χ1) is 11.0. The Labute approximate surface area is 133 Å². The van der Waals surface area contributed by atoms with Gasteiger partial charge in [-0.15, -0.1) is 0 Å². The lowest BCUT2D eigenvalue weighted by Crippen LogP contribution is -2.28. The molecule has 0 N–H and O–H groups in total. The van der Waals surface area contributed by atoms with Crippen molar-refractivity contribution in [3.05, 3.63) is 41.7 Å². The van der Waals surface area contributed by atoms with Gasteiger partial charge in [0.05, 0.1) is 19.9 Å². The van der Waals surface area contributed by atoms with Gasteiger partial charge in [0.1, 0.15) is 5.75 Å². The molecule has 3 rings (SSSR count). The van der Waals surface area contributed by atoms with Gasteiger partial charge in [-0.1, -0.05) is 0 Å². The average Bonchev–Trinajstić information content (AvgIpc) is 3.20. The van der Waals surface area contributed by atoms with Gasteiger partial charge in [-0.3, -0.25) is 4.31 Å². The minimum Gasteiger partial charge on any atom is -0.497 e. The average molecular weight is 337 g/mol. The summed E-state index contributed by atoms with van der Waals surface area (Å²) in [5, 5.41) is -0.290. The number of sulfonamides is 1. The monoisotopic (exact) mass is 337 g/mol. The third kappa shape index (κ3) is 2.55. The van der Waals surface area contributed by atoms with Crippen molar-refractivity contribution in [3.63, 3.8) is 0 Å². The van der Waals surface area contributed by atoms with E-state index in [-0.39, 0.29) is 10.9 Å². The summed E-state index contributed by atoms with van der Waals surface area (Å²) in [5.74, 6) is -0.202. The molecule has 0 saturated carbocycles. The fraction of sp³-hybridized carbons (Fsp3) is 0.267. The maximum absolute atomic E-state index is 12.7. The first-order valence-electron chi connectivity index (χ1n) is 6.85. The van der Waals surface area contributed by atoms with Crippen molar-refractivity contribution in [1.29, 1.82) is 0 Å². The van der Waals surface area contributed by atoms with Gasteiger partial charge >= 0.3 is 5.97 Å². The standard InChI is InChI=1S/C15H15NO6S/c1-20-11-3-4-12-10(9-11)7-8-16(12)23(18,19)14-6-5-13(22-14)15(17)21-2/h3-6,9H,7-8H2,1-2H3. The lowest BCUT2D eigenvalue weighted by Gasteiger charge is -2.17. The number of hydrogen-bond donors (Lipinski definition) is 0. The van der Waals surface area contributed by atoms with Crippen LogP contribution in [-0.4, -0.2) is 35.2 Å². The molecule has 8 heteroatoms. The molecular formula is C15H15NO6S. The minimum absolute atomic E-state index is 0.153. The molecule has 0 amide bonds. The number of methoxy groups -OCH3 is 2. The molecule has 0 spiro atoms. The third-order valence-corrected chi connectivity index (χ3v) is 5.34. The highest BCUT2D eigenvalue weighted by Crippen LogP contribution is 2.35. The quantitative estimate of drug-likeness (QED) is 0.791. The smallest absolute Gasteiger partial charge is 0.374 e. The second-order valence-corrected chi connectivity index (χ2v) is 6.73. The van der Waals surface area contributed by atoms with Gasteiger partial charge in [0.25, 0.3) is 10.0 Å². The van der Waals surface area contributed by atoms with Crippen LogP contribution in [0, 0.1) is 0 Å². The Morgan fingerprint density at radius 3 is 2.70 bits per heavy atom. The van der Waals surface area contributed by atoms with Crippen LogP contribution >= 0.6 is 0 Å². The van der Waals surface area contributed by atoms with E-state index in [9.17, 15) is 13.2 Å².